The van der Waals surface area contributed by atoms with Gasteiger partial charge in [-0.05, 0) is 42.8 Å². The van der Waals surface area contributed by atoms with Crippen molar-refractivity contribution in [1.29, 1.82) is 0 Å². The smallest absolute Gasteiger partial charge is 0.250 e. The maximum Gasteiger partial charge on any atom is 0.250 e. The van der Waals surface area contributed by atoms with E-state index >= 15 is 0 Å². The van der Waals surface area contributed by atoms with Gasteiger partial charge in [-0.1, -0.05) is 24.3 Å². The monoisotopic (exact) mass is 342 g/mol. The molecule has 0 spiro atoms. The fourth-order valence-electron chi connectivity index (χ4n) is 2.17. The van der Waals surface area contributed by atoms with E-state index in [4.69, 9.17) is 10.5 Å². The summed E-state index contributed by atoms with van der Waals surface area (Å²) in [6, 6.07) is 10.6. The molecule has 25 heavy (non-hydrogen) atoms. The lowest BCUT2D eigenvalue weighted by Gasteiger charge is -2.10. The first-order chi connectivity index (χ1) is 12.0. The van der Waals surface area contributed by atoms with Crippen LogP contribution in [-0.2, 0) is 4.79 Å². The zero-order chi connectivity index (χ0) is 18.2. The van der Waals surface area contributed by atoms with E-state index in [2.05, 4.69) is 5.32 Å². The first-order valence-corrected chi connectivity index (χ1v) is 7.78. The molecule has 3 N–H and O–H groups in total. The van der Waals surface area contributed by atoms with E-state index in [-0.39, 0.29) is 23.7 Å². The minimum atomic E-state index is -0.654. The predicted octanol–water partition coefficient (Wildman–Crippen LogP) is 3.37. The Balaban J connectivity index is 2.02. The number of hydrogen-bond acceptors (Lipinski definition) is 3. The van der Waals surface area contributed by atoms with E-state index in [1.54, 1.807) is 36.4 Å². The number of carbonyl (C=O) groups is 2. The highest BCUT2D eigenvalue weighted by Crippen LogP contribution is 2.22. The number of carbonyl (C=O) groups excluding carboxylic acids is 2. The Morgan fingerprint density at radius 3 is 2.56 bits per heavy atom. The second kappa shape index (κ2) is 8.63. The van der Waals surface area contributed by atoms with Crippen LogP contribution in [0.5, 0.6) is 5.75 Å². The van der Waals surface area contributed by atoms with Crippen molar-refractivity contribution in [3.8, 4) is 5.75 Å². The van der Waals surface area contributed by atoms with Gasteiger partial charge in [0.1, 0.15) is 11.6 Å². The van der Waals surface area contributed by atoms with E-state index < -0.39 is 5.91 Å². The van der Waals surface area contributed by atoms with Crippen LogP contribution in [0.3, 0.4) is 0 Å². The van der Waals surface area contributed by atoms with Crippen LogP contribution in [0, 0.1) is 5.82 Å². The van der Waals surface area contributed by atoms with Crippen LogP contribution in [0.2, 0.25) is 0 Å². The van der Waals surface area contributed by atoms with Gasteiger partial charge in [0.05, 0.1) is 17.9 Å². The van der Waals surface area contributed by atoms with Crippen molar-refractivity contribution < 1.29 is 18.7 Å². The Morgan fingerprint density at radius 2 is 1.92 bits per heavy atom. The second-order valence-electron chi connectivity index (χ2n) is 5.21. The number of benzene rings is 2. The molecule has 0 saturated carbocycles. The maximum atomic E-state index is 12.8. The zero-order valence-electron chi connectivity index (χ0n) is 13.8. The minimum Gasteiger partial charge on any atom is -0.494 e. The van der Waals surface area contributed by atoms with Gasteiger partial charge in [0.15, 0.2) is 0 Å². The SMILES string of the molecule is CCOc1ccc(NC(=O)CC=Cc2ccc(F)cc2)c(C(N)=O)c1. The molecule has 6 heteroatoms. The lowest BCUT2D eigenvalue weighted by atomic mass is 10.1. The molecule has 5 nitrogen and oxygen atoms in total. The van der Waals surface area contributed by atoms with Crippen LogP contribution in [0.25, 0.3) is 6.08 Å². The molecule has 2 amide bonds. The number of nitrogens with one attached hydrogen (secondary N) is 1. The third-order valence-electron chi connectivity index (χ3n) is 3.33. The van der Waals surface area contributed by atoms with Gasteiger partial charge in [-0.3, -0.25) is 9.59 Å². The van der Waals surface area contributed by atoms with E-state index in [9.17, 15) is 14.0 Å². The Morgan fingerprint density at radius 1 is 1.20 bits per heavy atom. The molecule has 2 aromatic rings. The molecule has 2 rings (SSSR count). The van der Waals surface area contributed by atoms with Crippen molar-refractivity contribution in [2.75, 3.05) is 11.9 Å². The summed E-state index contributed by atoms with van der Waals surface area (Å²) < 4.78 is 18.1. The molecule has 0 aliphatic rings. The molecule has 0 fully saturated rings. The molecule has 2 aromatic carbocycles. The zero-order valence-corrected chi connectivity index (χ0v) is 13.8. The summed E-state index contributed by atoms with van der Waals surface area (Å²) in [7, 11) is 0. The quantitative estimate of drug-likeness (QED) is 0.809. The highest BCUT2D eigenvalue weighted by atomic mass is 19.1. The van der Waals surface area contributed by atoms with Crippen molar-refractivity contribution in [2.24, 2.45) is 5.73 Å². The number of rotatable bonds is 7. The van der Waals surface area contributed by atoms with E-state index in [1.807, 2.05) is 6.92 Å². The molecule has 0 atom stereocenters. The van der Waals surface area contributed by atoms with Gasteiger partial charge in [0.25, 0.3) is 5.91 Å². The predicted molar refractivity (Wildman–Crippen MR) is 94.8 cm³/mol. The number of hydrogen-bond donors (Lipinski definition) is 2. The van der Waals surface area contributed by atoms with Gasteiger partial charge in [-0.25, -0.2) is 4.39 Å². The largest absolute Gasteiger partial charge is 0.494 e. The molecule has 0 heterocycles. The summed E-state index contributed by atoms with van der Waals surface area (Å²) in [5.74, 6) is -0.765. The molecule has 0 bridgehead atoms. The van der Waals surface area contributed by atoms with Gasteiger partial charge in [0.2, 0.25) is 5.91 Å². The van der Waals surface area contributed by atoms with Gasteiger partial charge < -0.3 is 15.8 Å². The maximum absolute atomic E-state index is 12.8. The first-order valence-electron chi connectivity index (χ1n) is 7.78. The second-order valence-corrected chi connectivity index (χ2v) is 5.21. The Hall–Kier alpha value is -3.15. The molecule has 0 saturated heterocycles. The highest BCUT2D eigenvalue weighted by molar-refractivity contribution is 6.03. The number of nitrogens with two attached hydrogens (primary N) is 1. The van der Waals surface area contributed by atoms with Crippen LogP contribution in [0.4, 0.5) is 10.1 Å². The molecule has 0 aliphatic heterocycles. The van der Waals surface area contributed by atoms with Crippen molar-refractivity contribution in [2.45, 2.75) is 13.3 Å². The molecule has 0 aliphatic carbocycles. The van der Waals surface area contributed by atoms with Gasteiger partial charge >= 0.3 is 0 Å². The lowest BCUT2D eigenvalue weighted by Crippen LogP contribution is -2.17. The molecule has 0 unspecified atom stereocenters. The first kappa shape index (κ1) is 18.2. The van der Waals surface area contributed by atoms with Crippen molar-refractivity contribution in [3.05, 3.63) is 65.5 Å². The summed E-state index contributed by atoms with van der Waals surface area (Å²) in [6.07, 6.45) is 3.47. The number of primary amides is 1. The summed E-state index contributed by atoms with van der Waals surface area (Å²) in [4.78, 5) is 23.6. The van der Waals surface area contributed by atoms with Gasteiger partial charge in [-0.2, -0.15) is 0 Å². The van der Waals surface area contributed by atoms with Crippen LogP contribution in [0.15, 0.2) is 48.5 Å². The Labute approximate surface area is 145 Å². The molecule has 0 radical (unpaired) electrons. The van der Waals surface area contributed by atoms with Crippen LogP contribution >= 0.6 is 0 Å². The van der Waals surface area contributed by atoms with Crippen LogP contribution < -0.4 is 15.8 Å². The molecule has 130 valence electrons. The lowest BCUT2D eigenvalue weighted by molar-refractivity contribution is -0.115. The molecule has 0 aromatic heterocycles. The highest BCUT2D eigenvalue weighted by Gasteiger charge is 2.12. The Kier molecular flexibility index (Phi) is 6.28. The van der Waals surface area contributed by atoms with Crippen molar-refractivity contribution in [1.82, 2.24) is 0 Å². The Bertz CT molecular complexity index is 786. The van der Waals surface area contributed by atoms with Crippen LogP contribution in [0.1, 0.15) is 29.3 Å². The molecular formula is C19H19FN2O3. The number of halogens is 1. The fourth-order valence-corrected chi connectivity index (χ4v) is 2.17. The van der Waals surface area contributed by atoms with Crippen molar-refractivity contribution in [3.63, 3.8) is 0 Å². The topological polar surface area (TPSA) is 81.4 Å². The van der Waals surface area contributed by atoms with E-state index in [0.29, 0.717) is 18.0 Å². The summed E-state index contributed by atoms with van der Waals surface area (Å²) in [6.45, 7) is 2.28. The average Bonchev–Trinajstić information content (AvgIpc) is 2.58. The third kappa shape index (κ3) is 5.46. The number of ether oxygens (including phenoxy) is 1. The summed E-state index contributed by atoms with van der Waals surface area (Å²) >= 11 is 0. The van der Waals surface area contributed by atoms with Gasteiger partial charge in [-0.15, -0.1) is 0 Å². The fraction of sp³-hybridized carbons (Fsp3) is 0.158. The summed E-state index contributed by atoms with van der Waals surface area (Å²) in [5.41, 5.74) is 6.65. The van der Waals surface area contributed by atoms with E-state index in [1.165, 1.54) is 18.2 Å². The molecular weight excluding hydrogens is 323 g/mol. The van der Waals surface area contributed by atoms with Gasteiger partial charge in [0, 0.05) is 6.42 Å². The number of amides is 2. The minimum absolute atomic E-state index is 0.1000. The van der Waals surface area contributed by atoms with Crippen molar-refractivity contribution >= 4 is 23.6 Å². The standard InChI is InChI=1S/C19H19FN2O3/c1-2-25-15-10-11-17(16(12-15)19(21)24)22-18(23)5-3-4-13-6-8-14(20)9-7-13/h3-4,6-12H,2,5H2,1H3,(H2,21,24)(H,22,23). The normalized spacial score (nSPS) is 10.6. The van der Waals surface area contributed by atoms with E-state index in [0.717, 1.165) is 5.56 Å². The average molecular weight is 342 g/mol. The third-order valence-corrected chi connectivity index (χ3v) is 3.33. The summed E-state index contributed by atoms with van der Waals surface area (Å²) in [5, 5.41) is 2.65. The number of anilines is 1. The van der Waals surface area contributed by atoms with Crippen LogP contribution in [-0.4, -0.2) is 18.4 Å².